The SMILES string of the molecule is NCc1cccc(CN(Cc2cccc(-c3ccc(N4CCN(c5ccc(F)cc5)CC4)c(N)c3)c2)C(=O)c2cccs2)c1. The van der Waals surface area contributed by atoms with Gasteiger partial charge in [0.15, 0.2) is 0 Å². The average Bonchev–Trinajstić information content (AvgIpc) is 3.60. The van der Waals surface area contributed by atoms with Gasteiger partial charge in [0.1, 0.15) is 5.82 Å². The molecule has 0 bridgehead atoms. The Morgan fingerprint density at radius 1 is 0.750 bits per heavy atom. The van der Waals surface area contributed by atoms with Crippen LogP contribution >= 0.6 is 11.3 Å². The van der Waals surface area contributed by atoms with E-state index < -0.39 is 0 Å². The first-order valence-electron chi connectivity index (χ1n) is 14.8. The number of hydrogen-bond acceptors (Lipinski definition) is 6. The Morgan fingerprint density at radius 2 is 1.41 bits per heavy atom. The predicted octanol–water partition coefficient (Wildman–Crippen LogP) is 6.76. The van der Waals surface area contributed by atoms with Crippen LogP contribution in [0, 0.1) is 5.82 Å². The van der Waals surface area contributed by atoms with Gasteiger partial charge in [-0.25, -0.2) is 4.39 Å². The highest BCUT2D eigenvalue weighted by atomic mass is 32.1. The molecule has 224 valence electrons. The lowest BCUT2D eigenvalue weighted by atomic mass is 10.0. The van der Waals surface area contributed by atoms with E-state index in [4.69, 9.17) is 11.5 Å². The van der Waals surface area contributed by atoms with Crippen molar-refractivity contribution in [3.05, 3.63) is 136 Å². The molecule has 6 rings (SSSR count). The molecule has 44 heavy (non-hydrogen) atoms. The molecule has 0 atom stereocenters. The fourth-order valence-electron chi connectivity index (χ4n) is 5.78. The van der Waals surface area contributed by atoms with E-state index in [1.807, 2.05) is 64.9 Å². The second-order valence-corrected chi connectivity index (χ2v) is 12.0. The number of anilines is 3. The molecule has 1 aromatic heterocycles. The molecule has 0 spiro atoms. The Hall–Kier alpha value is -4.66. The zero-order valence-corrected chi connectivity index (χ0v) is 25.3. The summed E-state index contributed by atoms with van der Waals surface area (Å²) in [5.74, 6) is -0.208. The van der Waals surface area contributed by atoms with Crippen LogP contribution in [0.3, 0.4) is 0 Å². The van der Waals surface area contributed by atoms with E-state index in [9.17, 15) is 9.18 Å². The van der Waals surface area contributed by atoms with Crippen LogP contribution in [0.15, 0.2) is 109 Å². The van der Waals surface area contributed by atoms with Gasteiger partial charge in [0, 0.05) is 51.5 Å². The zero-order valence-electron chi connectivity index (χ0n) is 24.5. The minimum atomic E-state index is -0.219. The maximum Gasteiger partial charge on any atom is 0.264 e. The summed E-state index contributed by atoms with van der Waals surface area (Å²) < 4.78 is 13.3. The van der Waals surface area contributed by atoms with Gasteiger partial charge >= 0.3 is 0 Å². The molecule has 1 amide bonds. The number of carbonyl (C=O) groups is 1. The Balaban J connectivity index is 1.17. The molecule has 6 nitrogen and oxygen atoms in total. The summed E-state index contributed by atoms with van der Waals surface area (Å²) in [6, 6.07) is 33.1. The van der Waals surface area contributed by atoms with Crippen molar-refractivity contribution >= 4 is 34.3 Å². The molecule has 1 aliphatic heterocycles. The monoisotopic (exact) mass is 605 g/mol. The lowest BCUT2D eigenvalue weighted by Crippen LogP contribution is -2.46. The molecule has 0 unspecified atom stereocenters. The van der Waals surface area contributed by atoms with Crippen molar-refractivity contribution in [1.29, 1.82) is 0 Å². The first-order chi connectivity index (χ1) is 21.5. The number of rotatable bonds is 9. The van der Waals surface area contributed by atoms with Crippen LogP contribution in [0.2, 0.25) is 0 Å². The number of amides is 1. The van der Waals surface area contributed by atoms with Gasteiger partial charge in [0.2, 0.25) is 0 Å². The zero-order chi connectivity index (χ0) is 30.5. The van der Waals surface area contributed by atoms with E-state index in [1.165, 1.54) is 23.5 Å². The number of nitrogens with two attached hydrogens (primary N) is 2. The smallest absolute Gasteiger partial charge is 0.264 e. The third-order valence-corrected chi connectivity index (χ3v) is 8.95. The Morgan fingerprint density at radius 3 is 2.09 bits per heavy atom. The number of benzene rings is 4. The van der Waals surface area contributed by atoms with E-state index >= 15 is 0 Å². The van der Waals surface area contributed by atoms with Crippen molar-refractivity contribution in [2.75, 3.05) is 41.7 Å². The van der Waals surface area contributed by atoms with Crippen LogP contribution < -0.4 is 21.3 Å². The van der Waals surface area contributed by atoms with Crippen LogP contribution in [0.1, 0.15) is 26.4 Å². The van der Waals surface area contributed by atoms with Crippen LogP contribution in [0.25, 0.3) is 11.1 Å². The molecule has 2 heterocycles. The van der Waals surface area contributed by atoms with Crippen molar-refractivity contribution in [2.45, 2.75) is 19.6 Å². The average molecular weight is 606 g/mol. The van der Waals surface area contributed by atoms with Crippen LogP contribution in [-0.4, -0.2) is 37.0 Å². The first-order valence-corrected chi connectivity index (χ1v) is 15.7. The number of nitrogen functional groups attached to an aromatic ring is 1. The molecule has 0 saturated carbocycles. The second-order valence-electron chi connectivity index (χ2n) is 11.1. The van der Waals surface area contributed by atoms with Crippen molar-refractivity contribution in [3.63, 3.8) is 0 Å². The summed E-state index contributed by atoms with van der Waals surface area (Å²) in [6.45, 7) is 4.77. The van der Waals surface area contributed by atoms with Crippen molar-refractivity contribution in [1.82, 2.24) is 4.90 Å². The Kier molecular flexibility index (Phi) is 8.91. The number of halogens is 1. The minimum Gasteiger partial charge on any atom is -0.397 e. The molecule has 0 aliphatic carbocycles. The summed E-state index contributed by atoms with van der Waals surface area (Å²) in [4.78, 5) is 20.7. The molecule has 0 radical (unpaired) electrons. The predicted molar refractivity (Wildman–Crippen MR) is 179 cm³/mol. The molecule has 1 saturated heterocycles. The van der Waals surface area contributed by atoms with Crippen LogP contribution in [0.4, 0.5) is 21.5 Å². The molecule has 4 N–H and O–H groups in total. The maximum atomic E-state index is 13.5. The largest absolute Gasteiger partial charge is 0.397 e. The van der Waals surface area contributed by atoms with Gasteiger partial charge in [0.25, 0.3) is 5.91 Å². The van der Waals surface area contributed by atoms with E-state index in [0.29, 0.717) is 19.6 Å². The van der Waals surface area contributed by atoms with Gasteiger partial charge in [-0.15, -0.1) is 11.3 Å². The van der Waals surface area contributed by atoms with Gasteiger partial charge in [-0.05, 0) is 81.7 Å². The number of hydrogen-bond donors (Lipinski definition) is 2. The Bertz CT molecular complexity index is 1720. The van der Waals surface area contributed by atoms with Gasteiger partial charge in [-0.3, -0.25) is 4.79 Å². The highest BCUT2D eigenvalue weighted by molar-refractivity contribution is 7.12. The standard InChI is InChI=1S/C36H36FN5OS/c37-31-10-12-32(13-11-31)40-15-17-41(18-16-40)34-14-9-30(22-33(34)39)29-7-2-6-28(21-29)25-42(36(43)35-8-3-19-44-35)24-27-5-1-4-26(20-27)23-38/h1-14,19-22H,15-18,23-25,38-39H2. The first kappa shape index (κ1) is 29.4. The van der Waals surface area contributed by atoms with Crippen molar-refractivity contribution in [2.24, 2.45) is 5.73 Å². The van der Waals surface area contributed by atoms with Gasteiger partial charge < -0.3 is 26.2 Å². The van der Waals surface area contributed by atoms with Crippen molar-refractivity contribution < 1.29 is 9.18 Å². The molecular formula is C36H36FN5OS. The third kappa shape index (κ3) is 6.77. The van der Waals surface area contributed by atoms with E-state index in [1.54, 1.807) is 0 Å². The van der Waals surface area contributed by atoms with Crippen LogP contribution in [-0.2, 0) is 19.6 Å². The summed E-state index contributed by atoms with van der Waals surface area (Å²) >= 11 is 1.46. The second kappa shape index (κ2) is 13.3. The van der Waals surface area contributed by atoms with E-state index in [-0.39, 0.29) is 11.7 Å². The normalized spacial score (nSPS) is 13.2. The number of piperazine rings is 1. The number of carbonyl (C=O) groups excluding carboxylic acids is 1. The topological polar surface area (TPSA) is 78.8 Å². The lowest BCUT2D eigenvalue weighted by molar-refractivity contribution is 0.0735. The third-order valence-electron chi connectivity index (χ3n) is 8.09. The number of thiophene rings is 1. The van der Waals surface area contributed by atoms with Crippen molar-refractivity contribution in [3.8, 4) is 11.1 Å². The summed E-state index contributed by atoms with van der Waals surface area (Å²) in [5, 5.41) is 1.93. The highest BCUT2D eigenvalue weighted by Crippen LogP contribution is 2.31. The molecule has 1 fully saturated rings. The van der Waals surface area contributed by atoms with Gasteiger partial charge in [-0.1, -0.05) is 54.6 Å². The lowest BCUT2D eigenvalue weighted by Gasteiger charge is -2.38. The molecular weight excluding hydrogens is 569 g/mol. The summed E-state index contributed by atoms with van der Waals surface area (Å²) in [6.07, 6.45) is 0. The number of nitrogens with zero attached hydrogens (tertiary/aromatic N) is 3. The summed E-state index contributed by atoms with van der Waals surface area (Å²) in [5.41, 5.74) is 20.5. The maximum absolute atomic E-state index is 13.5. The summed E-state index contributed by atoms with van der Waals surface area (Å²) in [7, 11) is 0. The molecule has 5 aromatic rings. The molecule has 4 aromatic carbocycles. The minimum absolute atomic E-state index is 0.0108. The fraction of sp³-hybridized carbons (Fsp3) is 0.194. The quantitative estimate of drug-likeness (QED) is 0.182. The fourth-order valence-corrected chi connectivity index (χ4v) is 6.47. The van der Waals surface area contributed by atoms with Crippen LogP contribution in [0.5, 0.6) is 0 Å². The van der Waals surface area contributed by atoms with E-state index in [0.717, 1.165) is 75.9 Å². The van der Waals surface area contributed by atoms with E-state index in [2.05, 4.69) is 46.2 Å². The molecule has 8 heteroatoms. The Labute approximate surface area is 262 Å². The van der Waals surface area contributed by atoms with Gasteiger partial charge in [0.05, 0.1) is 16.3 Å². The molecule has 1 aliphatic rings. The van der Waals surface area contributed by atoms with Gasteiger partial charge in [-0.2, -0.15) is 0 Å². The highest BCUT2D eigenvalue weighted by Gasteiger charge is 2.21.